The first-order valence-electron chi connectivity index (χ1n) is 10.6. The molecule has 0 saturated carbocycles. The van der Waals surface area contributed by atoms with Gasteiger partial charge in [-0.3, -0.25) is 14.8 Å². The highest BCUT2D eigenvalue weighted by molar-refractivity contribution is 6.32. The summed E-state index contributed by atoms with van der Waals surface area (Å²) in [5.74, 6) is 1.17. The highest BCUT2D eigenvalue weighted by Crippen LogP contribution is 2.36. The molecule has 6 nitrogen and oxygen atoms in total. The first-order valence-corrected chi connectivity index (χ1v) is 11.3. The number of hydrogen-bond acceptors (Lipinski definition) is 5. The Hall–Kier alpha value is -3.30. The molecule has 0 unspecified atom stereocenters. The number of pyridine rings is 1. The van der Waals surface area contributed by atoms with Crippen molar-refractivity contribution in [2.45, 2.75) is 19.0 Å². The highest BCUT2D eigenvalue weighted by Gasteiger charge is 2.33. The van der Waals surface area contributed by atoms with Crippen LogP contribution in [0.3, 0.4) is 0 Å². The van der Waals surface area contributed by atoms with Crippen molar-refractivity contribution in [2.24, 2.45) is 4.99 Å². The smallest absolute Gasteiger partial charge is 0.417 e. The van der Waals surface area contributed by atoms with E-state index in [4.69, 9.17) is 27.9 Å². The summed E-state index contributed by atoms with van der Waals surface area (Å²) in [5, 5.41) is 5.57. The number of halogens is 5. The molecule has 182 valence electrons. The molecule has 0 bridgehead atoms. The molecular formula is C24H19Cl2F3N4O2. The van der Waals surface area contributed by atoms with Crippen LogP contribution in [0.1, 0.15) is 23.2 Å². The fourth-order valence-electron chi connectivity index (χ4n) is 3.38. The summed E-state index contributed by atoms with van der Waals surface area (Å²) in [7, 11) is 0. The quantitative estimate of drug-likeness (QED) is 0.391. The predicted octanol–water partition coefficient (Wildman–Crippen LogP) is 6.12. The molecule has 11 heteroatoms. The lowest BCUT2D eigenvalue weighted by Crippen LogP contribution is -2.20. The summed E-state index contributed by atoms with van der Waals surface area (Å²) in [4.78, 5) is 21.0. The van der Waals surface area contributed by atoms with Gasteiger partial charge >= 0.3 is 6.18 Å². The Morgan fingerprint density at radius 3 is 2.63 bits per heavy atom. The molecule has 2 heterocycles. The zero-order valence-corrected chi connectivity index (χ0v) is 19.6. The molecule has 3 aromatic rings. The largest absolute Gasteiger partial charge is 0.456 e. The third-order valence-electron chi connectivity index (χ3n) is 5.07. The number of carbonyl (C=O) groups is 1. The summed E-state index contributed by atoms with van der Waals surface area (Å²) in [6, 6.07) is 11.8. The molecule has 0 fully saturated rings. The van der Waals surface area contributed by atoms with E-state index in [0.29, 0.717) is 41.0 Å². The van der Waals surface area contributed by atoms with Gasteiger partial charge in [-0.05, 0) is 48.4 Å². The molecule has 0 aliphatic carbocycles. The number of benzene rings is 2. The van der Waals surface area contributed by atoms with Gasteiger partial charge in [-0.1, -0.05) is 29.3 Å². The van der Waals surface area contributed by atoms with Crippen molar-refractivity contribution in [1.29, 1.82) is 0 Å². The zero-order chi connectivity index (χ0) is 25.0. The maximum absolute atomic E-state index is 13.0. The second kappa shape index (κ2) is 10.5. The Balaban J connectivity index is 1.40. The number of amidine groups is 1. The van der Waals surface area contributed by atoms with Gasteiger partial charge in [0.15, 0.2) is 0 Å². The molecule has 1 aliphatic rings. The number of alkyl halides is 3. The van der Waals surface area contributed by atoms with Gasteiger partial charge in [0.1, 0.15) is 23.0 Å². The van der Waals surface area contributed by atoms with Crippen LogP contribution in [-0.2, 0) is 17.4 Å². The van der Waals surface area contributed by atoms with E-state index in [0.717, 1.165) is 24.2 Å². The molecule has 4 rings (SSSR count). The molecule has 0 spiro atoms. The highest BCUT2D eigenvalue weighted by atomic mass is 35.5. The minimum Gasteiger partial charge on any atom is -0.456 e. The van der Waals surface area contributed by atoms with Gasteiger partial charge in [-0.25, -0.2) is 0 Å². The molecule has 1 amide bonds. The predicted molar refractivity (Wildman–Crippen MR) is 129 cm³/mol. The minimum absolute atomic E-state index is 0.0155. The van der Waals surface area contributed by atoms with E-state index in [1.54, 1.807) is 36.5 Å². The number of carbonyl (C=O) groups excluding carboxylic acids is 1. The number of nitrogens with zero attached hydrogens (tertiary/aromatic N) is 2. The van der Waals surface area contributed by atoms with Gasteiger partial charge in [0.2, 0.25) is 5.91 Å². The number of ether oxygens (including phenoxy) is 1. The molecule has 1 aliphatic heterocycles. The van der Waals surface area contributed by atoms with Crippen molar-refractivity contribution in [2.75, 3.05) is 18.4 Å². The Morgan fingerprint density at radius 1 is 1.09 bits per heavy atom. The lowest BCUT2D eigenvalue weighted by Gasteiger charge is -2.12. The molecule has 0 saturated heterocycles. The fourth-order valence-corrected chi connectivity index (χ4v) is 3.76. The van der Waals surface area contributed by atoms with Crippen LogP contribution in [0, 0.1) is 0 Å². The maximum atomic E-state index is 13.0. The third kappa shape index (κ3) is 6.43. The van der Waals surface area contributed by atoms with Crippen molar-refractivity contribution in [3.8, 4) is 11.5 Å². The van der Waals surface area contributed by atoms with Crippen molar-refractivity contribution in [1.82, 2.24) is 10.3 Å². The number of amides is 1. The van der Waals surface area contributed by atoms with Gasteiger partial charge in [-0.15, -0.1) is 0 Å². The number of aliphatic imine (C=N–C) groups is 1. The molecule has 1 aromatic heterocycles. The SMILES string of the molecule is O=C(CCc1ccc(Cl)c(Oc2ccnc(C3=NCCN3)c2)c1)Nc1ccc(Cl)c(C(F)(F)F)c1. The molecular weight excluding hydrogens is 504 g/mol. The van der Waals surface area contributed by atoms with E-state index in [2.05, 4.69) is 20.6 Å². The van der Waals surface area contributed by atoms with Crippen LogP contribution >= 0.6 is 23.2 Å². The lowest BCUT2D eigenvalue weighted by atomic mass is 10.1. The van der Waals surface area contributed by atoms with Crippen LogP contribution < -0.4 is 15.4 Å². The topological polar surface area (TPSA) is 75.6 Å². The first-order chi connectivity index (χ1) is 16.7. The average Bonchev–Trinajstić information content (AvgIpc) is 3.35. The number of aryl methyl sites for hydroxylation is 1. The van der Waals surface area contributed by atoms with Crippen molar-refractivity contribution < 1.29 is 22.7 Å². The second-order valence-corrected chi connectivity index (χ2v) is 8.46. The van der Waals surface area contributed by atoms with E-state index >= 15 is 0 Å². The van der Waals surface area contributed by atoms with E-state index in [-0.39, 0.29) is 12.1 Å². The monoisotopic (exact) mass is 522 g/mol. The lowest BCUT2D eigenvalue weighted by molar-refractivity contribution is -0.137. The minimum atomic E-state index is -4.62. The van der Waals surface area contributed by atoms with Crippen molar-refractivity contribution >= 4 is 40.6 Å². The van der Waals surface area contributed by atoms with Gasteiger partial charge in [0, 0.05) is 30.9 Å². The van der Waals surface area contributed by atoms with Gasteiger partial charge in [0.05, 0.1) is 22.2 Å². The second-order valence-electron chi connectivity index (χ2n) is 7.64. The van der Waals surface area contributed by atoms with Crippen LogP contribution in [0.4, 0.5) is 18.9 Å². The summed E-state index contributed by atoms with van der Waals surface area (Å²) in [6.45, 7) is 1.44. The average molecular weight is 523 g/mol. The molecule has 0 radical (unpaired) electrons. The Bertz CT molecular complexity index is 1280. The maximum Gasteiger partial charge on any atom is 0.417 e. The molecule has 2 aromatic carbocycles. The summed E-state index contributed by atoms with van der Waals surface area (Å²) < 4.78 is 45.0. The van der Waals surface area contributed by atoms with E-state index in [9.17, 15) is 18.0 Å². The Kier molecular flexibility index (Phi) is 7.47. The van der Waals surface area contributed by atoms with Crippen molar-refractivity contribution in [3.63, 3.8) is 0 Å². The van der Waals surface area contributed by atoms with Gasteiger partial charge in [-0.2, -0.15) is 13.2 Å². The number of anilines is 1. The summed E-state index contributed by atoms with van der Waals surface area (Å²) >= 11 is 11.9. The van der Waals surface area contributed by atoms with Crippen LogP contribution in [0.25, 0.3) is 0 Å². The van der Waals surface area contributed by atoms with Gasteiger partial charge in [0.25, 0.3) is 0 Å². The van der Waals surface area contributed by atoms with Crippen LogP contribution in [-0.4, -0.2) is 29.8 Å². The number of aromatic nitrogens is 1. The standard InChI is InChI=1S/C24H19Cl2F3N4O2/c25-18-5-3-15(12-17(18)24(27,28)29)33-22(34)6-2-14-1-4-19(26)21(11-14)35-16-7-8-30-20(13-16)23-31-9-10-32-23/h1,3-5,7-8,11-13H,2,6,9-10H2,(H,31,32)(H,33,34). The van der Waals surface area contributed by atoms with Crippen molar-refractivity contribution in [3.05, 3.63) is 81.6 Å². The Morgan fingerprint density at radius 2 is 1.89 bits per heavy atom. The van der Waals surface area contributed by atoms with Gasteiger partial charge < -0.3 is 15.4 Å². The third-order valence-corrected chi connectivity index (χ3v) is 5.71. The summed E-state index contributed by atoms with van der Waals surface area (Å²) in [6.07, 6.45) is -2.65. The fraction of sp³-hybridized carbons (Fsp3) is 0.208. The van der Waals surface area contributed by atoms with Crippen LogP contribution in [0.5, 0.6) is 11.5 Å². The van der Waals surface area contributed by atoms with E-state index in [1.165, 1.54) is 6.07 Å². The summed E-state index contributed by atoms with van der Waals surface area (Å²) in [5.41, 5.74) is 0.427. The Labute approximate surface area is 209 Å². The molecule has 35 heavy (non-hydrogen) atoms. The van der Waals surface area contributed by atoms with E-state index in [1.807, 2.05) is 0 Å². The zero-order valence-electron chi connectivity index (χ0n) is 18.1. The van der Waals surface area contributed by atoms with E-state index < -0.39 is 22.7 Å². The molecule has 0 atom stereocenters. The van der Waals surface area contributed by atoms with Crippen LogP contribution in [0.2, 0.25) is 10.0 Å². The number of hydrogen-bond donors (Lipinski definition) is 2. The first kappa shape index (κ1) is 24.8. The molecule has 2 N–H and O–H groups in total. The normalized spacial score (nSPS) is 13.2. The number of nitrogens with one attached hydrogen (secondary N) is 2. The van der Waals surface area contributed by atoms with Crippen LogP contribution in [0.15, 0.2) is 59.7 Å². The number of rotatable bonds is 7.